The maximum absolute atomic E-state index is 12.0. The fourth-order valence-electron chi connectivity index (χ4n) is 2.10. The summed E-state index contributed by atoms with van der Waals surface area (Å²) in [5.41, 5.74) is 7.20. The van der Waals surface area contributed by atoms with E-state index in [1.54, 1.807) is 0 Å². The lowest BCUT2D eigenvalue weighted by Crippen LogP contribution is -2.51. The molecule has 1 atom stereocenters. The van der Waals surface area contributed by atoms with Gasteiger partial charge in [-0.3, -0.25) is 4.79 Å². The molecule has 18 heavy (non-hydrogen) atoms. The second-order valence-electron chi connectivity index (χ2n) is 4.16. The summed E-state index contributed by atoms with van der Waals surface area (Å²) < 4.78 is 24.9. The predicted octanol–water partition coefficient (Wildman–Crippen LogP) is 0.581. The fourth-order valence-corrected chi connectivity index (χ4v) is 3.91. The maximum atomic E-state index is 12.0. The third kappa shape index (κ3) is 2.43. The standard InChI is InChI=1S/C11H13BrN2O3S/c12-7-18(16,17)14-6-9-4-2-1-3-8(9)5-10(14)11(13)15/h1-4,10H,5-7H2,(H2,13,15)/t10-/m0/s1. The molecule has 7 heteroatoms. The molecule has 0 spiro atoms. The van der Waals surface area contributed by atoms with Crippen LogP contribution in [0.4, 0.5) is 0 Å². The Hall–Kier alpha value is -0.920. The summed E-state index contributed by atoms with van der Waals surface area (Å²) in [5.74, 6) is -0.617. The summed E-state index contributed by atoms with van der Waals surface area (Å²) in [6, 6.07) is 6.67. The smallest absolute Gasteiger partial charge is 0.236 e. The Kier molecular flexibility index (Phi) is 3.74. The number of sulfonamides is 1. The summed E-state index contributed by atoms with van der Waals surface area (Å²) in [6.45, 7) is 0.192. The van der Waals surface area contributed by atoms with Crippen molar-refractivity contribution >= 4 is 31.9 Å². The van der Waals surface area contributed by atoms with Gasteiger partial charge in [-0.15, -0.1) is 0 Å². The van der Waals surface area contributed by atoms with Crippen LogP contribution in [0.15, 0.2) is 24.3 Å². The van der Waals surface area contributed by atoms with Crippen LogP contribution in [0.1, 0.15) is 11.1 Å². The predicted molar refractivity (Wildman–Crippen MR) is 71.4 cm³/mol. The number of amides is 1. The van der Waals surface area contributed by atoms with Gasteiger partial charge in [0.25, 0.3) is 0 Å². The van der Waals surface area contributed by atoms with Crippen molar-refractivity contribution in [2.75, 3.05) is 4.66 Å². The van der Waals surface area contributed by atoms with Gasteiger partial charge in [0, 0.05) is 6.54 Å². The van der Waals surface area contributed by atoms with Crippen molar-refractivity contribution in [3.63, 3.8) is 0 Å². The Morgan fingerprint density at radius 1 is 1.39 bits per heavy atom. The summed E-state index contributed by atoms with van der Waals surface area (Å²) in [4.78, 5) is 11.4. The van der Waals surface area contributed by atoms with E-state index in [0.717, 1.165) is 11.1 Å². The lowest BCUT2D eigenvalue weighted by atomic mass is 9.96. The first-order valence-corrected chi connectivity index (χ1v) is 8.10. The van der Waals surface area contributed by atoms with Gasteiger partial charge in [-0.1, -0.05) is 40.2 Å². The van der Waals surface area contributed by atoms with Gasteiger partial charge in [-0.05, 0) is 17.5 Å². The molecule has 2 rings (SSSR count). The van der Waals surface area contributed by atoms with E-state index in [1.807, 2.05) is 24.3 Å². The zero-order valence-electron chi connectivity index (χ0n) is 9.54. The van der Waals surface area contributed by atoms with Gasteiger partial charge < -0.3 is 5.73 Å². The Labute approximate surface area is 114 Å². The van der Waals surface area contributed by atoms with Crippen LogP contribution < -0.4 is 5.73 Å². The molecular weight excluding hydrogens is 320 g/mol. The topological polar surface area (TPSA) is 80.5 Å². The van der Waals surface area contributed by atoms with Crippen molar-refractivity contribution in [3.8, 4) is 0 Å². The number of fused-ring (bicyclic) bond motifs is 1. The Balaban J connectivity index is 2.44. The normalized spacial score (nSPS) is 20.4. The number of carbonyl (C=O) groups excluding carboxylic acids is 1. The molecule has 98 valence electrons. The number of hydrogen-bond donors (Lipinski definition) is 1. The number of nitrogens with two attached hydrogens (primary N) is 1. The van der Waals surface area contributed by atoms with E-state index in [9.17, 15) is 13.2 Å². The first-order valence-electron chi connectivity index (χ1n) is 5.37. The quantitative estimate of drug-likeness (QED) is 0.822. The van der Waals surface area contributed by atoms with E-state index >= 15 is 0 Å². The molecule has 0 aromatic heterocycles. The Bertz CT molecular complexity index is 573. The highest BCUT2D eigenvalue weighted by Gasteiger charge is 2.36. The molecule has 0 saturated carbocycles. The highest BCUT2D eigenvalue weighted by Crippen LogP contribution is 2.26. The number of rotatable bonds is 3. The summed E-state index contributed by atoms with van der Waals surface area (Å²) in [5, 5.41) is 0. The molecule has 1 heterocycles. The van der Waals surface area contributed by atoms with Gasteiger partial charge >= 0.3 is 0 Å². The van der Waals surface area contributed by atoms with E-state index in [4.69, 9.17) is 5.73 Å². The van der Waals surface area contributed by atoms with Crippen molar-refractivity contribution < 1.29 is 13.2 Å². The highest BCUT2D eigenvalue weighted by molar-refractivity contribution is 9.10. The van der Waals surface area contributed by atoms with Crippen LogP contribution in [-0.4, -0.2) is 29.3 Å². The molecule has 0 fully saturated rings. The van der Waals surface area contributed by atoms with Crippen molar-refractivity contribution in [3.05, 3.63) is 35.4 Å². The fraction of sp³-hybridized carbons (Fsp3) is 0.364. The number of hydrogen-bond acceptors (Lipinski definition) is 3. The largest absolute Gasteiger partial charge is 0.368 e. The molecule has 1 amide bonds. The van der Waals surface area contributed by atoms with Crippen molar-refractivity contribution in [2.45, 2.75) is 19.0 Å². The minimum atomic E-state index is -3.51. The van der Waals surface area contributed by atoms with Crippen LogP contribution in [0.3, 0.4) is 0 Å². The molecular formula is C11H13BrN2O3S. The van der Waals surface area contributed by atoms with Gasteiger partial charge in [0.1, 0.15) is 10.7 Å². The lowest BCUT2D eigenvalue weighted by Gasteiger charge is -2.33. The maximum Gasteiger partial charge on any atom is 0.236 e. The molecule has 0 bridgehead atoms. The van der Waals surface area contributed by atoms with E-state index in [2.05, 4.69) is 15.9 Å². The monoisotopic (exact) mass is 332 g/mol. The van der Waals surface area contributed by atoms with Crippen molar-refractivity contribution in [1.29, 1.82) is 0 Å². The number of benzene rings is 1. The number of alkyl halides is 1. The average Bonchev–Trinajstić information content (AvgIpc) is 2.37. The van der Waals surface area contributed by atoms with Gasteiger partial charge in [-0.2, -0.15) is 4.31 Å². The molecule has 1 aliphatic heterocycles. The van der Waals surface area contributed by atoms with Crippen LogP contribution in [-0.2, 0) is 27.8 Å². The molecule has 0 saturated heterocycles. The Morgan fingerprint density at radius 3 is 2.56 bits per heavy atom. The minimum Gasteiger partial charge on any atom is -0.368 e. The zero-order valence-corrected chi connectivity index (χ0v) is 11.9. The van der Waals surface area contributed by atoms with Crippen molar-refractivity contribution in [2.24, 2.45) is 5.73 Å². The molecule has 1 aromatic carbocycles. The third-order valence-corrected chi connectivity index (χ3v) is 6.14. The molecule has 5 nitrogen and oxygen atoms in total. The van der Waals surface area contributed by atoms with Crippen LogP contribution in [0.5, 0.6) is 0 Å². The first-order chi connectivity index (χ1) is 8.45. The molecule has 0 unspecified atom stereocenters. The van der Waals surface area contributed by atoms with E-state index in [1.165, 1.54) is 4.31 Å². The van der Waals surface area contributed by atoms with Crippen molar-refractivity contribution in [1.82, 2.24) is 4.31 Å². The van der Waals surface area contributed by atoms with Gasteiger partial charge in [0.05, 0.1) is 0 Å². The lowest BCUT2D eigenvalue weighted by molar-refractivity contribution is -0.122. The summed E-state index contributed by atoms with van der Waals surface area (Å²) in [6.07, 6.45) is 0.331. The van der Waals surface area contributed by atoms with Gasteiger partial charge in [-0.25, -0.2) is 8.42 Å². The second kappa shape index (κ2) is 4.99. The first kappa shape index (κ1) is 13.5. The molecule has 1 aromatic rings. The van der Waals surface area contributed by atoms with Gasteiger partial charge in [0.2, 0.25) is 15.9 Å². The number of primary amides is 1. The van der Waals surface area contributed by atoms with E-state index < -0.39 is 22.0 Å². The zero-order chi connectivity index (χ0) is 13.3. The van der Waals surface area contributed by atoms with Gasteiger partial charge in [0.15, 0.2) is 0 Å². The molecule has 0 radical (unpaired) electrons. The van der Waals surface area contributed by atoms with E-state index in [-0.39, 0.29) is 11.2 Å². The average molecular weight is 333 g/mol. The van der Waals surface area contributed by atoms with Crippen LogP contribution >= 0.6 is 15.9 Å². The minimum absolute atomic E-state index is 0.192. The van der Waals surface area contributed by atoms with Crippen LogP contribution in [0, 0.1) is 0 Å². The SMILES string of the molecule is NC(=O)[C@@H]1Cc2ccccc2CN1S(=O)(=O)CBr. The summed E-state index contributed by atoms with van der Waals surface area (Å²) in [7, 11) is -3.51. The number of halogens is 1. The molecule has 2 N–H and O–H groups in total. The second-order valence-corrected chi connectivity index (χ2v) is 7.38. The molecule has 0 aliphatic carbocycles. The Morgan fingerprint density at radius 2 is 2.00 bits per heavy atom. The number of carbonyl (C=O) groups is 1. The van der Waals surface area contributed by atoms with E-state index in [0.29, 0.717) is 6.42 Å². The molecule has 1 aliphatic rings. The number of nitrogens with zero attached hydrogens (tertiary/aromatic N) is 1. The highest BCUT2D eigenvalue weighted by atomic mass is 79.9. The van der Waals surface area contributed by atoms with Crippen LogP contribution in [0.25, 0.3) is 0 Å². The van der Waals surface area contributed by atoms with Crippen LogP contribution in [0.2, 0.25) is 0 Å². The summed E-state index contributed by atoms with van der Waals surface area (Å²) >= 11 is 2.94. The third-order valence-electron chi connectivity index (χ3n) is 3.03.